The van der Waals surface area contributed by atoms with E-state index in [4.69, 9.17) is 0 Å². The summed E-state index contributed by atoms with van der Waals surface area (Å²) < 4.78 is 1.09. The van der Waals surface area contributed by atoms with E-state index in [0.717, 1.165) is 42.2 Å². The zero-order chi connectivity index (χ0) is 13.1. The van der Waals surface area contributed by atoms with Gasteiger partial charge in [-0.3, -0.25) is 4.90 Å². The molecule has 0 spiro atoms. The first-order valence-corrected chi connectivity index (χ1v) is 7.57. The molecular weight excluding hydrogens is 290 g/mol. The van der Waals surface area contributed by atoms with Gasteiger partial charge in [0.15, 0.2) is 0 Å². The highest BCUT2D eigenvalue weighted by Gasteiger charge is 2.26. The fraction of sp³-hybridized carbons (Fsp3) is 0.643. The minimum Gasteiger partial charge on any atom is -0.355 e. The van der Waals surface area contributed by atoms with Gasteiger partial charge >= 0.3 is 0 Å². The summed E-state index contributed by atoms with van der Waals surface area (Å²) in [5.41, 5.74) is 1.07. The van der Waals surface area contributed by atoms with Gasteiger partial charge in [0.05, 0.1) is 5.69 Å². The lowest BCUT2D eigenvalue weighted by Crippen LogP contribution is -2.37. The molecular formula is C14H22BrN3. The molecule has 1 aliphatic rings. The number of likely N-dealkylation sites (N-methyl/N-ethyl adjacent to an activating group) is 1. The van der Waals surface area contributed by atoms with Crippen molar-refractivity contribution in [3.63, 3.8) is 0 Å². The maximum Gasteiger partial charge on any atom is 0.128 e. The van der Waals surface area contributed by atoms with E-state index >= 15 is 0 Å². The Labute approximate surface area is 118 Å². The van der Waals surface area contributed by atoms with Gasteiger partial charge in [-0.1, -0.05) is 13.8 Å². The summed E-state index contributed by atoms with van der Waals surface area (Å²) in [4.78, 5) is 9.61. The second-order valence-electron chi connectivity index (χ2n) is 4.85. The summed E-state index contributed by atoms with van der Waals surface area (Å²) in [5, 5.41) is 0. The van der Waals surface area contributed by atoms with Crippen molar-refractivity contribution >= 4 is 21.7 Å². The van der Waals surface area contributed by atoms with Crippen LogP contribution >= 0.6 is 15.9 Å². The van der Waals surface area contributed by atoms with Gasteiger partial charge in [-0.05, 0) is 54.5 Å². The Morgan fingerprint density at radius 3 is 2.72 bits per heavy atom. The zero-order valence-electron chi connectivity index (χ0n) is 11.5. The number of hydrogen-bond donors (Lipinski definition) is 0. The summed E-state index contributed by atoms with van der Waals surface area (Å²) in [6, 6.07) is 4.90. The Bertz CT molecular complexity index is 404. The number of rotatable bonds is 4. The summed E-state index contributed by atoms with van der Waals surface area (Å²) in [7, 11) is 0. The predicted octanol–water partition coefficient (Wildman–Crippen LogP) is 3.07. The number of nitrogens with zero attached hydrogens (tertiary/aromatic N) is 3. The quantitative estimate of drug-likeness (QED) is 0.852. The first kappa shape index (κ1) is 13.8. The first-order chi connectivity index (χ1) is 8.65. The molecule has 1 aliphatic heterocycles. The van der Waals surface area contributed by atoms with Crippen LogP contribution in [0.4, 0.5) is 5.82 Å². The topological polar surface area (TPSA) is 19.4 Å². The average molecular weight is 312 g/mol. The normalized spacial score (nSPS) is 19.8. The summed E-state index contributed by atoms with van der Waals surface area (Å²) in [6.45, 7) is 11.0. The van der Waals surface area contributed by atoms with Gasteiger partial charge in [-0.2, -0.15) is 0 Å². The third-order valence-corrected chi connectivity index (χ3v) is 4.66. The molecule has 0 bridgehead atoms. The van der Waals surface area contributed by atoms with E-state index in [0.29, 0.717) is 6.04 Å². The second kappa shape index (κ2) is 6.02. The van der Waals surface area contributed by atoms with Crippen molar-refractivity contribution in [1.29, 1.82) is 0 Å². The Morgan fingerprint density at radius 1 is 1.39 bits per heavy atom. The third-order valence-electron chi connectivity index (χ3n) is 3.82. The highest BCUT2D eigenvalue weighted by Crippen LogP contribution is 2.24. The van der Waals surface area contributed by atoms with Crippen molar-refractivity contribution in [2.45, 2.75) is 33.2 Å². The van der Waals surface area contributed by atoms with Crippen molar-refractivity contribution in [1.82, 2.24) is 9.88 Å². The van der Waals surface area contributed by atoms with Gasteiger partial charge in [0.1, 0.15) is 5.82 Å². The summed E-state index contributed by atoms with van der Waals surface area (Å²) >= 11 is 3.51. The van der Waals surface area contributed by atoms with Gasteiger partial charge in [-0.15, -0.1) is 0 Å². The predicted molar refractivity (Wildman–Crippen MR) is 80.2 cm³/mol. The molecule has 1 saturated heterocycles. The molecule has 18 heavy (non-hydrogen) atoms. The van der Waals surface area contributed by atoms with Crippen molar-refractivity contribution in [3.8, 4) is 0 Å². The molecule has 0 aliphatic carbocycles. The van der Waals surface area contributed by atoms with E-state index in [1.54, 1.807) is 0 Å². The lowest BCUT2D eigenvalue weighted by Gasteiger charge is -2.26. The number of pyridine rings is 1. The Hall–Kier alpha value is -0.610. The van der Waals surface area contributed by atoms with Crippen molar-refractivity contribution in [3.05, 3.63) is 22.3 Å². The summed E-state index contributed by atoms with van der Waals surface area (Å²) in [5.74, 6) is 1.12. The molecule has 0 aromatic carbocycles. The molecule has 0 amide bonds. The van der Waals surface area contributed by atoms with Crippen LogP contribution in [0.3, 0.4) is 0 Å². The Balaban J connectivity index is 2.06. The highest BCUT2D eigenvalue weighted by molar-refractivity contribution is 9.10. The van der Waals surface area contributed by atoms with E-state index in [9.17, 15) is 0 Å². The van der Waals surface area contributed by atoms with Crippen LogP contribution in [0.5, 0.6) is 0 Å². The minimum absolute atomic E-state index is 0.686. The van der Waals surface area contributed by atoms with Crippen molar-refractivity contribution in [2.75, 3.05) is 31.1 Å². The molecule has 0 saturated carbocycles. The van der Waals surface area contributed by atoms with Crippen LogP contribution in [0.1, 0.15) is 26.0 Å². The van der Waals surface area contributed by atoms with E-state index in [1.165, 1.54) is 6.42 Å². The lowest BCUT2D eigenvalue weighted by atomic mass is 10.2. The van der Waals surface area contributed by atoms with Crippen LogP contribution in [-0.2, 0) is 0 Å². The standard InChI is InChI=1S/C14H22BrN3/c1-4-17(5-2)12-8-9-18(10-12)14-7-6-13(15)11(3)16-14/h6-7,12H,4-5,8-10H2,1-3H3. The number of anilines is 1. The fourth-order valence-electron chi connectivity index (χ4n) is 2.69. The van der Waals surface area contributed by atoms with Gasteiger partial charge < -0.3 is 4.90 Å². The fourth-order valence-corrected chi connectivity index (χ4v) is 2.92. The van der Waals surface area contributed by atoms with Crippen molar-refractivity contribution in [2.24, 2.45) is 0 Å². The van der Waals surface area contributed by atoms with Crippen LogP contribution in [0.2, 0.25) is 0 Å². The van der Waals surface area contributed by atoms with E-state index in [-0.39, 0.29) is 0 Å². The monoisotopic (exact) mass is 311 g/mol. The molecule has 100 valence electrons. The van der Waals surface area contributed by atoms with Crippen LogP contribution in [-0.4, -0.2) is 42.1 Å². The van der Waals surface area contributed by atoms with Gasteiger partial charge in [0.2, 0.25) is 0 Å². The molecule has 1 atom stereocenters. The van der Waals surface area contributed by atoms with Gasteiger partial charge in [-0.25, -0.2) is 4.98 Å². The third kappa shape index (κ3) is 2.86. The smallest absolute Gasteiger partial charge is 0.128 e. The lowest BCUT2D eigenvalue weighted by molar-refractivity contribution is 0.232. The molecule has 0 N–H and O–H groups in total. The molecule has 1 aromatic heterocycles. The SMILES string of the molecule is CCN(CC)C1CCN(c2ccc(Br)c(C)n2)C1. The molecule has 2 heterocycles. The second-order valence-corrected chi connectivity index (χ2v) is 5.70. The molecule has 2 rings (SSSR count). The van der Waals surface area contributed by atoms with Gasteiger partial charge in [0, 0.05) is 23.6 Å². The van der Waals surface area contributed by atoms with Crippen LogP contribution < -0.4 is 4.90 Å². The maximum atomic E-state index is 4.66. The van der Waals surface area contributed by atoms with E-state index in [2.05, 4.69) is 56.7 Å². The first-order valence-electron chi connectivity index (χ1n) is 6.77. The molecule has 1 aromatic rings. The number of aromatic nitrogens is 1. The van der Waals surface area contributed by atoms with Crippen molar-refractivity contribution < 1.29 is 0 Å². The largest absolute Gasteiger partial charge is 0.355 e. The molecule has 1 unspecified atom stereocenters. The minimum atomic E-state index is 0.686. The average Bonchev–Trinajstić information content (AvgIpc) is 2.84. The highest BCUT2D eigenvalue weighted by atomic mass is 79.9. The summed E-state index contributed by atoms with van der Waals surface area (Å²) in [6.07, 6.45) is 1.25. The van der Waals surface area contributed by atoms with Crippen LogP contribution in [0, 0.1) is 6.92 Å². The van der Waals surface area contributed by atoms with E-state index < -0.39 is 0 Å². The molecule has 3 nitrogen and oxygen atoms in total. The Kier molecular flexibility index (Phi) is 4.62. The molecule has 0 radical (unpaired) electrons. The zero-order valence-corrected chi connectivity index (χ0v) is 13.1. The van der Waals surface area contributed by atoms with Crippen LogP contribution in [0.25, 0.3) is 0 Å². The maximum absolute atomic E-state index is 4.66. The number of halogens is 1. The molecule has 1 fully saturated rings. The number of hydrogen-bond acceptors (Lipinski definition) is 3. The number of aryl methyl sites for hydroxylation is 1. The van der Waals surface area contributed by atoms with Gasteiger partial charge in [0.25, 0.3) is 0 Å². The van der Waals surface area contributed by atoms with Crippen LogP contribution in [0.15, 0.2) is 16.6 Å². The van der Waals surface area contributed by atoms with E-state index in [1.807, 2.05) is 6.92 Å². The molecule has 4 heteroatoms. The Morgan fingerprint density at radius 2 is 2.11 bits per heavy atom.